The molecule has 2 heterocycles. The van der Waals surface area contributed by atoms with Crippen molar-refractivity contribution in [3.8, 4) is 5.75 Å². The van der Waals surface area contributed by atoms with E-state index in [2.05, 4.69) is 20.1 Å². The highest BCUT2D eigenvalue weighted by Gasteiger charge is 2.13. The number of halogens is 2. The molecule has 0 saturated heterocycles. The predicted octanol–water partition coefficient (Wildman–Crippen LogP) is 2.89. The smallest absolute Gasteiger partial charge is 0.387 e. The van der Waals surface area contributed by atoms with E-state index in [1.54, 1.807) is 31.5 Å². The number of ether oxygens (including phenoxy) is 1. The van der Waals surface area contributed by atoms with Crippen molar-refractivity contribution in [2.45, 2.75) is 13.5 Å². The fourth-order valence-corrected chi connectivity index (χ4v) is 2.08. The molecule has 1 N–H and O–H groups in total. The lowest BCUT2D eigenvalue weighted by molar-refractivity contribution is -0.0498. The van der Waals surface area contributed by atoms with Crippen LogP contribution < -0.4 is 10.1 Å². The molecule has 2 aromatic heterocycles. The topological polar surface area (TPSA) is 68.5 Å². The van der Waals surface area contributed by atoms with Gasteiger partial charge >= 0.3 is 6.61 Å². The summed E-state index contributed by atoms with van der Waals surface area (Å²) in [5, 5.41) is 6.80. The number of carbonyl (C=O) groups excluding carboxylic acids is 1. The van der Waals surface area contributed by atoms with Crippen molar-refractivity contribution in [1.82, 2.24) is 14.6 Å². The fraction of sp³-hybridized carbons (Fsp3) is 0.133. The lowest BCUT2D eigenvalue weighted by Crippen LogP contribution is -2.13. The number of nitrogens with one attached hydrogen (secondary N) is 1. The molecule has 3 rings (SSSR count). The van der Waals surface area contributed by atoms with Crippen LogP contribution in [0.3, 0.4) is 0 Å². The fourth-order valence-electron chi connectivity index (χ4n) is 2.08. The van der Waals surface area contributed by atoms with E-state index < -0.39 is 12.5 Å². The van der Waals surface area contributed by atoms with Gasteiger partial charge in [-0.1, -0.05) is 0 Å². The molecule has 8 heteroatoms. The van der Waals surface area contributed by atoms with E-state index in [-0.39, 0.29) is 11.4 Å². The maximum Gasteiger partial charge on any atom is 0.387 e. The Hall–Kier alpha value is -3.03. The van der Waals surface area contributed by atoms with Crippen molar-refractivity contribution < 1.29 is 18.3 Å². The first-order valence-electron chi connectivity index (χ1n) is 6.70. The third-order valence-electron chi connectivity index (χ3n) is 3.14. The van der Waals surface area contributed by atoms with Crippen LogP contribution in [0.25, 0.3) is 5.65 Å². The second-order valence-corrected chi connectivity index (χ2v) is 4.76. The molecule has 3 aromatic rings. The summed E-state index contributed by atoms with van der Waals surface area (Å²) < 4.78 is 30.2. The zero-order valence-electron chi connectivity index (χ0n) is 12.0. The Kier molecular flexibility index (Phi) is 3.88. The van der Waals surface area contributed by atoms with Crippen molar-refractivity contribution in [2.24, 2.45) is 0 Å². The Morgan fingerprint density at radius 1 is 1.35 bits per heavy atom. The molecule has 0 aliphatic rings. The molecule has 0 aliphatic heterocycles. The number of alkyl halides is 2. The molecule has 0 bridgehead atoms. The summed E-state index contributed by atoms with van der Waals surface area (Å²) in [6.07, 6.45) is 3.28. The molecule has 0 radical (unpaired) electrons. The molecular formula is C15H12F2N4O2. The molecule has 6 nitrogen and oxygen atoms in total. The van der Waals surface area contributed by atoms with Gasteiger partial charge in [0.25, 0.3) is 5.91 Å². The van der Waals surface area contributed by atoms with Crippen LogP contribution in [-0.2, 0) is 0 Å². The number of aromatic nitrogens is 3. The average molecular weight is 318 g/mol. The number of aryl methyl sites for hydroxylation is 1. The van der Waals surface area contributed by atoms with Gasteiger partial charge in [0, 0.05) is 24.1 Å². The zero-order chi connectivity index (χ0) is 16.4. The van der Waals surface area contributed by atoms with Crippen molar-refractivity contribution in [3.05, 3.63) is 54.0 Å². The van der Waals surface area contributed by atoms with E-state index in [1.165, 1.54) is 22.7 Å². The third kappa shape index (κ3) is 3.25. The first-order chi connectivity index (χ1) is 11.0. The Balaban J connectivity index is 1.79. The molecule has 0 unspecified atom stereocenters. The molecule has 118 valence electrons. The molecule has 0 spiro atoms. The van der Waals surface area contributed by atoms with Gasteiger partial charge in [-0.25, -0.2) is 9.50 Å². The van der Waals surface area contributed by atoms with Crippen LogP contribution in [0.1, 0.15) is 16.1 Å². The van der Waals surface area contributed by atoms with Gasteiger partial charge in [-0.2, -0.15) is 13.9 Å². The van der Waals surface area contributed by atoms with Crippen molar-refractivity contribution in [1.29, 1.82) is 0 Å². The van der Waals surface area contributed by atoms with Gasteiger partial charge in [-0.3, -0.25) is 4.79 Å². The van der Waals surface area contributed by atoms with Crippen molar-refractivity contribution in [2.75, 3.05) is 5.32 Å². The van der Waals surface area contributed by atoms with Crippen LogP contribution in [0, 0.1) is 6.92 Å². The highest BCUT2D eigenvalue weighted by molar-refractivity contribution is 6.03. The number of amides is 1. The molecule has 23 heavy (non-hydrogen) atoms. The summed E-state index contributed by atoms with van der Waals surface area (Å²) in [6, 6.07) is 7.54. The molecule has 0 aliphatic carbocycles. The average Bonchev–Trinajstić information content (AvgIpc) is 2.93. The van der Waals surface area contributed by atoms with Crippen LogP contribution in [0.2, 0.25) is 0 Å². The van der Waals surface area contributed by atoms with Gasteiger partial charge in [0.1, 0.15) is 5.75 Å². The Labute approximate surface area is 129 Å². The van der Waals surface area contributed by atoms with E-state index in [0.717, 1.165) is 0 Å². The first kappa shape index (κ1) is 14.9. The molecule has 0 atom stereocenters. The normalized spacial score (nSPS) is 11.0. The van der Waals surface area contributed by atoms with Crippen molar-refractivity contribution >= 4 is 17.2 Å². The number of hydrogen-bond donors (Lipinski definition) is 1. The van der Waals surface area contributed by atoms with Gasteiger partial charge < -0.3 is 10.1 Å². The number of hydrogen-bond acceptors (Lipinski definition) is 4. The number of anilines is 1. The van der Waals surface area contributed by atoms with Gasteiger partial charge in [0.05, 0.1) is 0 Å². The predicted molar refractivity (Wildman–Crippen MR) is 78.8 cm³/mol. The zero-order valence-corrected chi connectivity index (χ0v) is 12.0. The number of benzene rings is 1. The second-order valence-electron chi connectivity index (χ2n) is 4.76. The van der Waals surface area contributed by atoms with Crippen molar-refractivity contribution in [3.63, 3.8) is 0 Å². The van der Waals surface area contributed by atoms with Gasteiger partial charge in [0.15, 0.2) is 11.3 Å². The second kappa shape index (κ2) is 5.99. The number of nitrogens with zero attached hydrogens (tertiary/aromatic N) is 3. The van der Waals surface area contributed by atoms with Crippen LogP contribution in [0.4, 0.5) is 14.5 Å². The van der Waals surface area contributed by atoms with E-state index in [0.29, 0.717) is 16.9 Å². The number of carbonyl (C=O) groups is 1. The van der Waals surface area contributed by atoms with Crippen LogP contribution in [0.15, 0.2) is 42.7 Å². The lowest BCUT2D eigenvalue weighted by atomic mass is 10.2. The van der Waals surface area contributed by atoms with E-state index in [4.69, 9.17) is 0 Å². The minimum Gasteiger partial charge on any atom is -0.435 e. The minimum absolute atomic E-state index is 0.0347. The number of rotatable bonds is 4. The summed E-state index contributed by atoms with van der Waals surface area (Å²) >= 11 is 0. The van der Waals surface area contributed by atoms with E-state index >= 15 is 0 Å². The molecule has 1 amide bonds. The maximum absolute atomic E-state index is 12.2. The largest absolute Gasteiger partial charge is 0.435 e. The highest BCUT2D eigenvalue weighted by Crippen LogP contribution is 2.23. The SMILES string of the molecule is Cc1cc(OC(F)F)ccc1NC(=O)c1cc2ncccn2n1. The summed E-state index contributed by atoms with van der Waals surface area (Å²) in [7, 11) is 0. The monoisotopic (exact) mass is 318 g/mol. The van der Waals surface area contributed by atoms with Crippen LogP contribution >= 0.6 is 0 Å². The summed E-state index contributed by atoms with van der Waals surface area (Å²) in [4.78, 5) is 16.3. The third-order valence-corrected chi connectivity index (χ3v) is 3.14. The lowest BCUT2D eigenvalue weighted by Gasteiger charge is -2.10. The van der Waals surface area contributed by atoms with Gasteiger partial charge in [0.2, 0.25) is 0 Å². The Morgan fingerprint density at radius 2 is 2.17 bits per heavy atom. The molecule has 0 fully saturated rings. The number of fused-ring (bicyclic) bond motifs is 1. The summed E-state index contributed by atoms with van der Waals surface area (Å²) in [5.41, 5.74) is 1.84. The van der Waals surface area contributed by atoms with Crippen LogP contribution in [0.5, 0.6) is 5.75 Å². The first-order valence-corrected chi connectivity index (χ1v) is 6.70. The van der Waals surface area contributed by atoms with E-state index in [1.807, 2.05) is 0 Å². The standard InChI is InChI=1S/C15H12F2N4O2/c1-9-7-10(23-15(16)17)3-4-11(9)19-14(22)12-8-13-18-5-2-6-21(13)20-12/h2-8,15H,1H3,(H,19,22). The van der Waals surface area contributed by atoms with E-state index in [9.17, 15) is 13.6 Å². The summed E-state index contributed by atoms with van der Waals surface area (Å²) in [6.45, 7) is -1.21. The van der Waals surface area contributed by atoms with Gasteiger partial charge in [-0.15, -0.1) is 0 Å². The molecule has 0 saturated carbocycles. The quantitative estimate of drug-likeness (QED) is 0.803. The molecular weight excluding hydrogens is 306 g/mol. The Bertz CT molecular complexity index is 831. The highest BCUT2D eigenvalue weighted by atomic mass is 19.3. The summed E-state index contributed by atoms with van der Waals surface area (Å²) in [5.74, 6) is -0.381. The maximum atomic E-state index is 12.2. The molecule has 1 aromatic carbocycles. The minimum atomic E-state index is -2.89. The Morgan fingerprint density at radius 3 is 2.87 bits per heavy atom. The van der Waals surface area contributed by atoms with Gasteiger partial charge in [-0.05, 0) is 36.8 Å². The van der Waals surface area contributed by atoms with Crippen LogP contribution in [-0.4, -0.2) is 27.1 Å².